The van der Waals surface area contributed by atoms with Crippen LogP contribution in [0.4, 0.5) is 0 Å². The van der Waals surface area contributed by atoms with Crippen molar-refractivity contribution in [3.63, 3.8) is 0 Å². The number of hydrogen-bond donors (Lipinski definition) is 1. The predicted molar refractivity (Wildman–Crippen MR) is 65.6 cm³/mol. The summed E-state index contributed by atoms with van der Waals surface area (Å²) in [6.07, 6.45) is 8.25. The second-order valence-electron chi connectivity index (χ2n) is 5.39. The van der Waals surface area contributed by atoms with Gasteiger partial charge in [0.1, 0.15) is 0 Å². The molecule has 2 unspecified atom stereocenters. The number of ether oxygens (including phenoxy) is 1. The minimum Gasteiger partial charge on any atom is -0.373 e. The molecule has 1 saturated heterocycles. The molecule has 0 radical (unpaired) electrons. The van der Waals surface area contributed by atoms with Crippen LogP contribution in [0.3, 0.4) is 0 Å². The van der Waals surface area contributed by atoms with E-state index in [4.69, 9.17) is 4.74 Å². The van der Waals surface area contributed by atoms with Crippen molar-refractivity contribution in [1.82, 2.24) is 15.1 Å². The molecule has 0 bridgehead atoms. The Bertz CT molecular complexity index is 372. The average Bonchev–Trinajstić information content (AvgIpc) is 2.85. The zero-order valence-corrected chi connectivity index (χ0v) is 10.4. The fourth-order valence-electron chi connectivity index (χ4n) is 2.59. The van der Waals surface area contributed by atoms with E-state index in [2.05, 4.69) is 16.6 Å². The molecule has 1 aliphatic heterocycles. The van der Waals surface area contributed by atoms with E-state index >= 15 is 0 Å². The van der Waals surface area contributed by atoms with E-state index in [-0.39, 0.29) is 6.10 Å². The second kappa shape index (κ2) is 4.78. The lowest BCUT2D eigenvalue weighted by Crippen LogP contribution is -2.26. The van der Waals surface area contributed by atoms with Crippen LogP contribution in [0.1, 0.15) is 30.9 Å². The number of nitrogens with one attached hydrogen (secondary N) is 1. The van der Waals surface area contributed by atoms with Gasteiger partial charge in [-0.15, -0.1) is 0 Å². The molecule has 17 heavy (non-hydrogen) atoms. The molecule has 4 heteroatoms. The Morgan fingerprint density at radius 3 is 3.00 bits per heavy atom. The topological polar surface area (TPSA) is 39.1 Å². The highest BCUT2D eigenvalue weighted by Gasteiger charge is 2.30. The largest absolute Gasteiger partial charge is 0.373 e. The van der Waals surface area contributed by atoms with Crippen LogP contribution in [0, 0.1) is 11.8 Å². The summed E-state index contributed by atoms with van der Waals surface area (Å²) < 4.78 is 7.70. The molecule has 1 aromatic heterocycles. The van der Waals surface area contributed by atoms with Crippen LogP contribution in [0.2, 0.25) is 0 Å². The molecule has 0 aromatic carbocycles. The zero-order valence-electron chi connectivity index (χ0n) is 10.4. The van der Waals surface area contributed by atoms with Crippen molar-refractivity contribution >= 4 is 0 Å². The van der Waals surface area contributed by atoms with E-state index in [0.717, 1.165) is 25.5 Å². The van der Waals surface area contributed by atoms with Crippen LogP contribution in [0.15, 0.2) is 12.4 Å². The lowest BCUT2D eigenvalue weighted by molar-refractivity contribution is 0.0904. The third-order valence-corrected chi connectivity index (χ3v) is 3.80. The van der Waals surface area contributed by atoms with Crippen molar-refractivity contribution in [2.45, 2.75) is 25.4 Å². The van der Waals surface area contributed by atoms with E-state index in [1.54, 1.807) is 0 Å². The van der Waals surface area contributed by atoms with Crippen LogP contribution < -0.4 is 5.32 Å². The van der Waals surface area contributed by atoms with Gasteiger partial charge in [-0.3, -0.25) is 4.68 Å². The summed E-state index contributed by atoms with van der Waals surface area (Å²) in [6, 6.07) is 0. The lowest BCUT2D eigenvalue weighted by Gasteiger charge is -2.17. The predicted octanol–water partition coefficient (Wildman–Crippen LogP) is 1.50. The highest BCUT2D eigenvalue weighted by molar-refractivity contribution is 5.11. The molecule has 2 heterocycles. The van der Waals surface area contributed by atoms with Crippen LogP contribution >= 0.6 is 0 Å². The summed E-state index contributed by atoms with van der Waals surface area (Å²) in [7, 11) is 1.96. The van der Waals surface area contributed by atoms with Crippen molar-refractivity contribution in [2.75, 3.05) is 19.7 Å². The lowest BCUT2D eigenvalue weighted by atomic mass is 9.97. The maximum absolute atomic E-state index is 5.84. The normalized spacial score (nSPS) is 28.8. The number of rotatable bonds is 5. The first-order valence-electron chi connectivity index (χ1n) is 6.64. The van der Waals surface area contributed by atoms with Crippen molar-refractivity contribution in [1.29, 1.82) is 0 Å². The smallest absolute Gasteiger partial charge is 0.0896 e. The fraction of sp³-hybridized carbons (Fsp3) is 0.769. The van der Waals surface area contributed by atoms with Gasteiger partial charge in [0, 0.05) is 37.9 Å². The molecular formula is C13H21N3O. The van der Waals surface area contributed by atoms with E-state index in [9.17, 15) is 0 Å². The van der Waals surface area contributed by atoms with Gasteiger partial charge in [0.2, 0.25) is 0 Å². The van der Waals surface area contributed by atoms with Crippen LogP contribution in [-0.2, 0) is 11.8 Å². The maximum Gasteiger partial charge on any atom is 0.0896 e. The van der Waals surface area contributed by atoms with Gasteiger partial charge < -0.3 is 10.1 Å². The zero-order chi connectivity index (χ0) is 11.7. The molecule has 1 N–H and O–H groups in total. The molecule has 3 rings (SSSR count). The van der Waals surface area contributed by atoms with Gasteiger partial charge in [-0.1, -0.05) is 0 Å². The minimum atomic E-state index is 0.246. The van der Waals surface area contributed by atoms with E-state index in [0.29, 0.717) is 5.92 Å². The summed E-state index contributed by atoms with van der Waals surface area (Å²) in [5, 5.41) is 7.82. The first kappa shape index (κ1) is 11.2. The number of hydrogen-bond acceptors (Lipinski definition) is 3. The molecule has 4 nitrogen and oxygen atoms in total. The molecule has 1 aromatic rings. The Morgan fingerprint density at radius 1 is 1.41 bits per heavy atom. The Kier molecular flexibility index (Phi) is 3.16. The Labute approximate surface area is 102 Å². The van der Waals surface area contributed by atoms with Crippen LogP contribution in [-0.4, -0.2) is 29.5 Å². The standard InChI is InChI=1S/C13H21N3O/c1-16-9-12(8-15-16)13-11(4-5-17-13)7-14-6-10-2-3-10/h8-11,13-14H,2-7H2,1H3. The van der Waals surface area contributed by atoms with Crippen molar-refractivity contribution in [3.05, 3.63) is 18.0 Å². The molecule has 1 aliphatic carbocycles. The van der Waals surface area contributed by atoms with Gasteiger partial charge in [0.05, 0.1) is 12.3 Å². The van der Waals surface area contributed by atoms with Gasteiger partial charge in [-0.05, 0) is 31.7 Å². The van der Waals surface area contributed by atoms with Crippen LogP contribution in [0.5, 0.6) is 0 Å². The Hall–Kier alpha value is -0.870. The quantitative estimate of drug-likeness (QED) is 0.840. The number of aryl methyl sites for hydroxylation is 1. The molecule has 0 spiro atoms. The summed E-state index contributed by atoms with van der Waals surface area (Å²) >= 11 is 0. The first-order chi connectivity index (χ1) is 8.33. The maximum atomic E-state index is 5.84. The second-order valence-corrected chi connectivity index (χ2v) is 5.39. The van der Waals surface area contributed by atoms with Gasteiger partial charge in [-0.25, -0.2) is 0 Å². The molecule has 0 amide bonds. The summed E-state index contributed by atoms with van der Waals surface area (Å²) in [5.41, 5.74) is 1.23. The van der Waals surface area contributed by atoms with E-state index < -0.39 is 0 Å². The third-order valence-electron chi connectivity index (χ3n) is 3.80. The highest BCUT2D eigenvalue weighted by atomic mass is 16.5. The monoisotopic (exact) mass is 235 g/mol. The minimum absolute atomic E-state index is 0.246. The summed E-state index contributed by atoms with van der Waals surface area (Å²) in [6.45, 7) is 3.15. The molecule has 2 atom stereocenters. The molecular weight excluding hydrogens is 214 g/mol. The number of nitrogens with zero attached hydrogens (tertiary/aromatic N) is 2. The average molecular weight is 235 g/mol. The van der Waals surface area contributed by atoms with Gasteiger partial charge >= 0.3 is 0 Å². The Morgan fingerprint density at radius 2 is 2.29 bits per heavy atom. The van der Waals surface area contributed by atoms with Gasteiger partial charge in [-0.2, -0.15) is 5.10 Å². The third kappa shape index (κ3) is 2.69. The van der Waals surface area contributed by atoms with Gasteiger partial charge in [0.15, 0.2) is 0 Å². The molecule has 1 saturated carbocycles. The van der Waals surface area contributed by atoms with Crippen molar-refractivity contribution in [3.8, 4) is 0 Å². The van der Waals surface area contributed by atoms with Crippen LogP contribution in [0.25, 0.3) is 0 Å². The molecule has 94 valence electrons. The summed E-state index contributed by atoms with van der Waals surface area (Å²) in [4.78, 5) is 0. The van der Waals surface area contributed by atoms with Crippen molar-refractivity contribution in [2.24, 2.45) is 18.9 Å². The molecule has 2 fully saturated rings. The summed E-state index contributed by atoms with van der Waals surface area (Å²) in [5.74, 6) is 1.56. The fourth-order valence-corrected chi connectivity index (χ4v) is 2.59. The highest BCUT2D eigenvalue weighted by Crippen LogP contribution is 2.34. The van der Waals surface area contributed by atoms with E-state index in [1.807, 2.05) is 17.9 Å². The van der Waals surface area contributed by atoms with Gasteiger partial charge in [0.25, 0.3) is 0 Å². The molecule has 2 aliphatic rings. The van der Waals surface area contributed by atoms with Crippen molar-refractivity contribution < 1.29 is 4.74 Å². The SMILES string of the molecule is Cn1cc(C2OCCC2CNCC2CC2)cn1. The number of aromatic nitrogens is 2. The Balaban J connectivity index is 1.55. The first-order valence-corrected chi connectivity index (χ1v) is 6.64. The van der Waals surface area contributed by atoms with E-state index in [1.165, 1.54) is 24.9 Å².